The lowest BCUT2D eigenvalue weighted by Gasteiger charge is -2.35. The van der Waals surface area contributed by atoms with E-state index >= 15 is 0 Å². The van der Waals surface area contributed by atoms with E-state index in [4.69, 9.17) is 0 Å². The molecule has 1 N–H and O–H groups in total. The molecular formula is C14H28N2. The van der Waals surface area contributed by atoms with E-state index in [0.717, 1.165) is 12.1 Å². The molecule has 16 heavy (non-hydrogen) atoms. The van der Waals surface area contributed by atoms with Crippen LogP contribution in [-0.2, 0) is 0 Å². The monoisotopic (exact) mass is 224 g/mol. The SMILES string of the molecule is CCCN1CCC(NC(C)C2(C)CC2)CC1. The molecule has 0 amide bonds. The molecule has 1 saturated heterocycles. The van der Waals surface area contributed by atoms with Crippen molar-refractivity contribution in [2.45, 2.75) is 65.0 Å². The van der Waals surface area contributed by atoms with Gasteiger partial charge in [0.05, 0.1) is 0 Å². The van der Waals surface area contributed by atoms with Gasteiger partial charge in [0, 0.05) is 12.1 Å². The molecule has 0 aromatic heterocycles. The van der Waals surface area contributed by atoms with Gasteiger partial charge in [-0.05, 0) is 64.1 Å². The average molecular weight is 224 g/mol. The van der Waals surface area contributed by atoms with Gasteiger partial charge in [0.15, 0.2) is 0 Å². The summed E-state index contributed by atoms with van der Waals surface area (Å²) in [4.78, 5) is 2.61. The molecule has 94 valence electrons. The summed E-state index contributed by atoms with van der Waals surface area (Å²) in [6.07, 6.45) is 6.85. The molecule has 1 saturated carbocycles. The van der Waals surface area contributed by atoms with Crippen molar-refractivity contribution < 1.29 is 0 Å². The third kappa shape index (κ3) is 2.98. The molecule has 1 heterocycles. The van der Waals surface area contributed by atoms with Crippen LogP contribution >= 0.6 is 0 Å². The summed E-state index contributed by atoms with van der Waals surface area (Å²) in [5, 5.41) is 3.86. The maximum absolute atomic E-state index is 3.86. The Morgan fingerprint density at radius 2 is 1.94 bits per heavy atom. The van der Waals surface area contributed by atoms with Crippen LogP contribution in [0.2, 0.25) is 0 Å². The number of hydrogen-bond donors (Lipinski definition) is 1. The zero-order valence-electron chi connectivity index (χ0n) is 11.3. The molecule has 0 aromatic carbocycles. The van der Waals surface area contributed by atoms with Crippen molar-refractivity contribution >= 4 is 0 Å². The van der Waals surface area contributed by atoms with Gasteiger partial charge in [0.25, 0.3) is 0 Å². The highest BCUT2D eigenvalue weighted by molar-refractivity contribution is 4.98. The Labute approximate surface area is 101 Å². The van der Waals surface area contributed by atoms with Gasteiger partial charge in [-0.1, -0.05) is 13.8 Å². The normalized spacial score (nSPS) is 27.9. The van der Waals surface area contributed by atoms with Crippen molar-refractivity contribution in [1.29, 1.82) is 0 Å². The van der Waals surface area contributed by atoms with E-state index in [0.29, 0.717) is 5.41 Å². The highest BCUT2D eigenvalue weighted by Gasteiger charge is 2.43. The Morgan fingerprint density at radius 3 is 2.44 bits per heavy atom. The van der Waals surface area contributed by atoms with Crippen LogP contribution in [0.1, 0.15) is 52.9 Å². The molecule has 0 radical (unpaired) electrons. The van der Waals surface area contributed by atoms with E-state index in [-0.39, 0.29) is 0 Å². The van der Waals surface area contributed by atoms with Crippen molar-refractivity contribution in [1.82, 2.24) is 10.2 Å². The first-order valence-electron chi connectivity index (χ1n) is 7.12. The van der Waals surface area contributed by atoms with Gasteiger partial charge in [-0.3, -0.25) is 0 Å². The quantitative estimate of drug-likeness (QED) is 0.772. The molecule has 2 rings (SSSR count). The topological polar surface area (TPSA) is 15.3 Å². The fourth-order valence-corrected chi connectivity index (χ4v) is 2.82. The number of likely N-dealkylation sites (tertiary alicyclic amines) is 1. The summed E-state index contributed by atoms with van der Waals surface area (Å²) < 4.78 is 0. The molecule has 0 bridgehead atoms. The first kappa shape index (κ1) is 12.4. The zero-order valence-corrected chi connectivity index (χ0v) is 11.3. The van der Waals surface area contributed by atoms with Crippen LogP contribution in [0.25, 0.3) is 0 Å². The van der Waals surface area contributed by atoms with E-state index in [1.165, 1.54) is 51.7 Å². The van der Waals surface area contributed by atoms with Gasteiger partial charge in [-0.2, -0.15) is 0 Å². The number of rotatable bonds is 5. The Kier molecular flexibility index (Phi) is 3.91. The Morgan fingerprint density at radius 1 is 1.31 bits per heavy atom. The molecule has 1 unspecified atom stereocenters. The highest BCUT2D eigenvalue weighted by Crippen LogP contribution is 2.48. The van der Waals surface area contributed by atoms with E-state index in [1.54, 1.807) is 0 Å². The summed E-state index contributed by atoms with van der Waals surface area (Å²) in [7, 11) is 0. The van der Waals surface area contributed by atoms with Gasteiger partial charge >= 0.3 is 0 Å². The molecule has 2 fully saturated rings. The molecule has 1 aliphatic carbocycles. The lowest BCUT2D eigenvalue weighted by Crippen LogP contribution is -2.47. The predicted molar refractivity (Wildman–Crippen MR) is 69.7 cm³/mol. The van der Waals surface area contributed by atoms with Gasteiger partial charge in [0.2, 0.25) is 0 Å². The van der Waals surface area contributed by atoms with Crippen molar-refractivity contribution in [3.8, 4) is 0 Å². The van der Waals surface area contributed by atoms with Gasteiger partial charge in [-0.25, -0.2) is 0 Å². The van der Waals surface area contributed by atoms with E-state index in [2.05, 4.69) is 31.0 Å². The largest absolute Gasteiger partial charge is 0.311 e. The van der Waals surface area contributed by atoms with Crippen molar-refractivity contribution in [2.75, 3.05) is 19.6 Å². The first-order valence-corrected chi connectivity index (χ1v) is 7.12. The van der Waals surface area contributed by atoms with Crippen LogP contribution in [0.3, 0.4) is 0 Å². The summed E-state index contributed by atoms with van der Waals surface area (Å²) in [5.41, 5.74) is 0.626. The summed E-state index contributed by atoms with van der Waals surface area (Å²) in [5.74, 6) is 0. The maximum atomic E-state index is 3.86. The number of hydrogen-bond acceptors (Lipinski definition) is 2. The van der Waals surface area contributed by atoms with Crippen LogP contribution in [0.4, 0.5) is 0 Å². The lowest BCUT2D eigenvalue weighted by molar-refractivity contribution is 0.183. The average Bonchev–Trinajstić information content (AvgIpc) is 3.01. The highest BCUT2D eigenvalue weighted by atomic mass is 15.1. The van der Waals surface area contributed by atoms with Crippen molar-refractivity contribution in [3.63, 3.8) is 0 Å². The Hall–Kier alpha value is -0.0800. The second-order valence-electron chi connectivity index (χ2n) is 6.16. The zero-order chi connectivity index (χ0) is 11.6. The van der Waals surface area contributed by atoms with Gasteiger partial charge in [0.1, 0.15) is 0 Å². The fraction of sp³-hybridized carbons (Fsp3) is 1.00. The smallest absolute Gasteiger partial charge is 0.00951 e. The minimum Gasteiger partial charge on any atom is -0.311 e. The summed E-state index contributed by atoms with van der Waals surface area (Å²) in [6, 6.07) is 1.50. The number of nitrogens with one attached hydrogen (secondary N) is 1. The second kappa shape index (κ2) is 5.05. The van der Waals surface area contributed by atoms with Crippen molar-refractivity contribution in [3.05, 3.63) is 0 Å². The van der Waals surface area contributed by atoms with Gasteiger partial charge < -0.3 is 10.2 Å². The Balaban J connectivity index is 1.69. The molecule has 2 heteroatoms. The third-order valence-electron chi connectivity index (χ3n) is 4.70. The van der Waals surface area contributed by atoms with E-state index in [1.807, 2.05) is 0 Å². The standard InChI is InChI=1S/C14H28N2/c1-4-9-16-10-5-13(6-11-16)15-12(2)14(3)7-8-14/h12-13,15H,4-11H2,1-3H3. The first-order chi connectivity index (χ1) is 7.64. The minimum atomic E-state index is 0.626. The van der Waals surface area contributed by atoms with Crippen molar-refractivity contribution in [2.24, 2.45) is 5.41 Å². The molecule has 2 nitrogen and oxygen atoms in total. The van der Waals surface area contributed by atoms with Crippen LogP contribution < -0.4 is 5.32 Å². The maximum Gasteiger partial charge on any atom is 0.00951 e. The molecular weight excluding hydrogens is 196 g/mol. The van der Waals surface area contributed by atoms with Gasteiger partial charge in [-0.15, -0.1) is 0 Å². The van der Waals surface area contributed by atoms with Crippen LogP contribution in [-0.4, -0.2) is 36.6 Å². The summed E-state index contributed by atoms with van der Waals surface area (Å²) >= 11 is 0. The second-order valence-corrected chi connectivity index (χ2v) is 6.16. The molecule has 1 aliphatic heterocycles. The molecule has 1 atom stereocenters. The molecule has 0 spiro atoms. The van der Waals surface area contributed by atoms with Crippen LogP contribution in [0.15, 0.2) is 0 Å². The Bertz CT molecular complexity index is 215. The third-order valence-corrected chi connectivity index (χ3v) is 4.70. The van der Waals surface area contributed by atoms with Crippen LogP contribution in [0, 0.1) is 5.41 Å². The van der Waals surface area contributed by atoms with E-state index in [9.17, 15) is 0 Å². The fourth-order valence-electron chi connectivity index (χ4n) is 2.82. The lowest BCUT2D eigenvalue weighted by atomic mass is 9.97. The molecule has 0 aromatic rings. The predicted octanol–water partition coefficient (Wildman–Crippen LogP) is 2.64. The number of nitrogens with zero attached hydrogens (tertiary/aromatic N) is 1. The van der Waals surface area contributed by atoms with Crippen LogP contribution in [0.5, 0.6) is 0 Å². The summed E-state index contributed by atoms with van der Waals surface area (Å²) in [6.45, 7) is 11.0. The minimum absolute atomic E-state index is 0.626. The number of piperidine rings is 1. The van der Waals surface area contributed by atoms with E-state index < -0.39 is 0 Å². The molecule has 2 aliphatic rings.